The van der Waals surface area contributed by atoms with Crippen molar-refractivity contribution >= 4 is 34.9 Å². The van der Waals surface area contributed by atoms with Crippen molar-refractivity contribution in [1.82, 2.24) is 15.2 Å². The molecule has 200 valence electrons. The van der Waals surface area contributed by atoms with E-state index in [0.29, 0.717) is 42.7 Å². The second-order valence-corrected chi connectivity index (χ2v) is 9.54. The first kappa shape index (κ1) is 27.1. The Hall–Kier alpha value is -3.93. The Morgan fingerprint density at radius 3 is 2.55 bits per heavy atom. The first-order chi connectivity index (χ1) is 18.2. The van der Waals surface area contributed by atoms with Crippen LogP contribution in [0.2, 0.25) is 0 Å². The number of ether oxygens (including phenoxy) is 1. The molecule has 0 atom stereocenters. The Bertz CT molecular complexity index is 1320. The van der Waals surface area contributed by atoms with Crippen molar-refractivity contribution in [3.63, 3.8) is 0 Å². The summed E-state index contributed by atoms with van der Waals surface area (Å²) in [7, 11) is 1.23. The fourth-order valence-corrected chi connectivity index (χ4v) is 5.15. The highest BCUT2D eigenvalue weighted by atomic mass is 32.1. The third kappa shape index (κ3) is 6.49. The van der Waals surface area contributed by atoms with E-state index in [-0.39, 0.29) is 24.1 Å². The fraction of sp³-hybridized carbons (Fsp3) is 0.308. The zero-order chi connectivity index (χ0) is 27.3. The zero-order valence-corrected chi connectivity index (χ0v) is 21.2. The van der Waals surface area contributed by atoms with Gasteiger partial charge in [-0.3, -0.25) is 9.59 Å². The Kier molecular flexibility index (Phi) is 8.30. The van der Waals surface area contributed by atoms with Crippen molar-refractivity contribution in [3.8, 4) is 11.1 Å². The number of halogens is 3. The van der Waals surface area contributed by atoms with Gasteiger partial charge in [-0.15, -0.1) is 11.3 Å². The average molecular weight is 547 g/mol. The summed E-state index contributed by atoms with van der Waals surface area (Å²) in [6, 6.07) is 11.6. The number of amides is 3. The number of hydrogen-bond acceptors (Lipinski definition) is 6. The van der Waals surface area contributed by atoms with Crippen molar-refractivity contribution in [2.45, 2.75) is 24.9 Å². The van der Waals surface area contributed by atoms with Gasteiger partial charge in [0.05, 0.1) is 17.7 Å². The molecule has 38 heavy (non-hydrogen) atoms. The van der Waals surface area contributed by atoms with Crippen LogP contribution in [0.25, 0.3) is 11.1 Å². The van der Waals surface area contributed by atoms with Crippen molar-refractivity contribution in [3.05, 3.63) is 70.2 Å². The predicted octanol–water partition coefficient (Wildman–Crippen LogP) is 5.14. The van der Waals surface area contributed by atoms with Crippen molar-refractivity contribution in [1.29, 1.82) is 0 Å². The largest absolute Gasteiger partial charge is 0.453 e. The Morgan fingerprint density at radius 1 is 1.11 bits per heavy atom. The highest BCUT2D eigenvalue weighted by molar-refractivity contribution is 7.10. The van der Waals surface area contributed by atoms with E-state index in [1.807, 2.05) is 0 Å². The number of aromatic nitrogens is 1. The van der Waals surface area contributed by atoms with Crippen molar-refractivity contribution in [2.75, 3.05) is 32.1 Å². The summed E-state index contributed by atoms with van der Waals surface area (Å²) in [5.41, 5.74) is 0.607. The molecule has 1 fully saturated rings. The topological polar surface area (TPSA) is 101 Å². The number of carbonyl (C=O) groups is 3. The van der Waals surface area contributed by atoms with Crippen LogP contribution >= 0.6 is 11.3 Å². The van der Waals surface area contributed by atoms with E-state index in [2.05, 4.69) is 20.4 Å². The molecule has 0 radical (unpaired) electrons. The van der Waals surface area contributed by atoms with Crippen LogP contribution in [0.15, 0.2) is 53.9 Å². The summed E-state index contributed by atoms with van der Waals surface area (Å²) in [5.74, 6) is -0.586. The minimum Gasteiger partial charge on any atom is -0.453 e. The molecule has 2 N–H and O–H groups in total. The van der Waals surface area contributed by atoms with Crippen LogP contribution in [-0.4, -0.2) is 54.5 Å². The molecule has 3 aromatic rings. The Labute approximate surface area is 220 Å². The van der Waals surface area contributed by atoms with Gasteiger partial charge in [0.25, 0.3) is 5.91 Å². The summed E-state index contributed by atoms with van der Waals surface area (Å²) in [5, 5.41) is 7.58. The number of carbonyl (C=O) groups excluding carboxylic acids is 3. The molecule has 4 rings (SSSR count). The van der Waals surface area contributed by atoms with Crippen LogP contribution in [0.3, 0.4) is 0 Å². The number of alkyl carbamates (subject to hydrolysis) is 1. The normalized spacial score (nSPS) is 14.2. The molecule has 3 amide bonds. The molecule has 1 aliphatic heterocycles. The number of piperidine rings is 1. The molecule has 1 saturated heterocycles. The number of para-hydroxylation sites is 1. The molecular weight excluding hydrogens is 521 g/mol. The van der Waals surface area contributed by atoms with Crippen LogP contribution in [0.1, 0.15) is 39.8 Å². The fourth-order valence-electron chi connectivity index (χ4n) is 4.18. The summed E-state index contributed by atoms with van der Waals surface area (Å²) in [4.78, 5) is 42.6. The van der Waals surface area contributed by atoms with Crippen molar-refractivity contribution in [2.24, 2.45) is 0 Å². The van der Waals surface area contributed by atoms with Gasteiger partial charge >= 0.3 is 12.3 Å². The third-order valence-electron chi connectivity index (χ3n) is 6.20. The predicted molar refractivity (Wildman–Crippen MR) is 136 cm³/mol. The number of thiazole rings is 1. The lowest BCUT2D eigenvalue weighted by molar-refractivity contribution is -0.137. The van der Waals surface area contributed by atoms with E-state index in [4.69, 9.17) is 0 Å². The number of hydrogen-bond donors (Lipinski definition) is 2. The smallest absolute Gasteiger partial charge is 0.416 e. The van der Waals surface area contributed by atoms with Crippen molar-refractivity contribution < 1.29 is 32.3 Å². The molecule has 8 nitrogen and oxygen atoms in total. The van der Waals surface area contributed by atoms with Crippen LogP contribution in [0.5, 0.6) is 0 Å². The molecule has 0 aliphatic carbocycles. The number of anilines is 1. The summed E-state index contributed by atoms with van der Waals surface area (Å²) in [6.07, 6.45) is -3.82. The highest BCUT2D eigenvalue weighted by Crippen LogP contribution is 2.35. The molecule has 0 spiro atoms. The Morgan fingerprint density at radius 2 is 1.84 bits per heavy atom. The van der Waals surface area contributed by atoms with Gasteiger partial charge in [0.1, 0.15) is 12.2 Å². The van der Waals surface area contributed by atoms with Gasteiger partial charge < -0.3 is 20.3 Å². The molecular formula is C26H25F3N4O4S. The lowest BCUT2D eigenvalue weighted by Crippen LogP contribution is -2.43. The number of nitrogens with zero attached hydrogens (tertiary/aromatic N) is 2. The number of alkyl halides is 3. The summed E-state index contributed by atoms with van der Waals surface area (Å²) in [6.45, 7) is 0.858. The number of rotatable bonds is 6. The molecule has 2 aromatic carbocycles. The van der Waals surface area contributed by atoms with E-state index in [1.54, 1.807) is 40.6 Å². The maximum Gasteiger partial charge on any atom is 0.416 e. The van der Waals surface area contributed by atoms with Gasteiger partial charge in [-0.05, 0) is 36.6 Å². The maximum absolute atomic E-state index is 13.2. The Balaban J connectivity index is 1.39. The number of nitrogens with one attached hydrogen (secondary N) is 2. The number of benzene rings is 2. The number of likely N-dealkylation sites (tertiary alicyclic amines) is 1. The molecule has 0 bridgehead atoms. The second kappa shape index (κ2) is 11.6. The van der Waals surface area contributed by atoms with E-state index in [1.165, 1.54) is 24.5 Å². The minimum atomic E-state index is -4.48. The molecule has 12 heteroatoms. The quantitative estimate of drug-likeness (QED) is 0.446. The monoisotopic (exact) mass is 546 g/mol. The van der Waals surface area contributed by atoms with Gasteiger partial charge in [0.15, 0.2) is 0 Å². The van der Waals surface area contributed by atoms with Gasteiger partial charge in [-0.25, -0.2) is 9.78 Å². The molecule has 2 heterocycles. The van der Waals surface area contributed by atoms with E-state index in [0.717, 1.165) is 17.1 Å². The summed E-state index contributed by atoms with van der Waals surface area (Å²) < 4.78 is 44.0. The lowest BCUT2D eigenvalue weighted by Gasteiger charge is -2.31. The van der Waals surface area contributed by atoms with Gasteiger partial charge in [-0.2, -0.15) is 13.2 Å². The third-order valence-corrected chi connectivity index (χ3v) is 7.20. The van der Waals surface area contributed by atoms with Crippen LogP contribution in [0, 0.1) is 0 Å². The molecule has 0 unspecified atom stereocenters. The zero-order valence-electron chi connectivity index (χ0n) is 20.4. The van der Waals surface area contributed by atoms with Crippen LogP contribution in [0.4, 0.5) is 23.7 Å². The minimum absolute atomic E-state index is 0.0801. The van der Waals surface area contributed by atoms with Gasteiger partial charge in [0, 0.05) is 35.6 Å². The molecule has 0 saturated carbocycles. The lowest BCUT2D eigenvalue weighted by atomic mass is 9.97. The standard InChI is InChI=1S/C26H25F3N4O4S/c1-37-25(36)30-14-22(34)33-11-9-16(10-12-33)24-32-21(15-38-24)23(35)31-20-8-3-2-7-19(20)17-5-4-6-18(13-17)26(27,28)29/h2-8,13,15-16H,9-12,14H2,1H3,(H,30,36)(H,31,35). The van der Waals surface area contributed by atoms with Gasteiger partial charge in [-0.1, -0.05) is 30.3 Å². The first-order valence-electron chi connectivity index (χ1n) is 11.8. The van der Waals surface area contributed by atoms with Gasteiger partial charge in [0.2, 0.25) is 5.91 Å². The van der Waals surface area contributed by atoms with Crippen LogP contribution in [-0.2, 0) is 15.7 Å². The highest BCUT2D eigenvalue weighted by Gasteiger charge is 2.31. The summed E-state index contributed by atoms with van der Waals surface area (Å²) >= 11 is 1.35. The van der Waals surface area contributed by atoms with E-state index >= 15 is 0 Å². The maximum atomic E-state index is 13.2. The van der Waals surface area contributed by atoms with Crippen LogP contribution < -0.4 is 10.6 Å². The van der Waals surface area contributed by atoms with E-state index < -0.39 is 23.7 Å². The molecule has 1 aliphatic rings. The SMILES string of the molecule is COC(=O)NCC(=O)N1CCC(c2nc(C(=O)Nc3ccccc3-c3cccc(C(F)(F)F)c3)cs2)CC1. The first-order valence-corrected chi connectivity index (χ1v) is 12.7. The molecule has 1 aromatic heterocycles. The van der Waals surface area contributed by atoms with E-state index in [9.17, 15) is 27.6 Å². The average Bonchev–Trinajstić information content (AvgIpc) is 3.42. The second-order valence-electron chi connectivity index (χ2n) is 8.65. The number of methoxy groups -OCH3 is 1.